The summed E-state index contributed by atoms with van der Waals surface area (Å²) in [5.41, 5.74) is 1.19. The summed E-state index contributed by atoms with van der Waals surface area (Å²) in [6, 6.07) is 20.5. The summed E-state index contributed by atoms with van der Waals surface area (Å²) < 4.78 is 40.5. The van der Waals surface area contributed by atoms with Crippen LogP contribution in [0.15, 0.2) is 72.8 Å². The van der Waals surface area contributed by atoms with Crippen LogP contribution in [-0.4, -0.2) is 30.0 Å². The minimum absolute atomic E-state index is 0.0747. The number of hydrogen-bond donors (Lipinski definition) is 0. The van der Waals surface area contributed by atoms with Gasteiger partial charge >= 0.3 is 0 Å². The molecule has 3 aromatic carbocycles. The summed E-state index contributed by atoms with van der Waals surface area (Å²) in [4.78, 5) is 13.9. The molecule has 34 heavy (non-hydrogen) atoms. The number of likely N-dealkylation sites (tertiary alicyclic amines) is 1. The maximum absolute atomic E-state index is 14.3. The third-order valence-electron chi connectivity index (χ3n) is 6.23. The number of amides is 1. The zero-order chi connectivity index (χ0) is 24.1. The van der Waals surface area contributed by atoms with E-state index in [2.05, 4.69) is 0 Å². The molecule has 1 heterocycles. The normalized spacial score (nSPS) is 20.4. The Balaban J connectivity index is 1.68. The molecule has 0 radical (unpaired) electrons. The second-order valence-electron chi connectivity index (χ2n) is 8.42. The van der Waals surface area contributed by atoms with Crippen LogP contribution in [0.3, 0.4) is 0 Å². The Morgan fingerprint density at radius 2 is 1.79 bits per heavy atom. The molecule has 1 fully saturated rings. The number of piperidine rings is 1. The molecule has 4 nitrogen and oxygen atoms in total. The first-order valence-corrected chi connectivity index (χ1v) is 11.5. The van der Waals surface area contributed by atoms with Crippen molar-refractivity contribution in [2.75, 3.05) is 13.1 Å². The maximum Gasteiger partial charge on any atom is 0.219 e. The number of halogens is 3. The highest BCUT2D eigenvalue weighted by Gasteiger charge is 2.47. The molecule has 1 amide bonds. The topological polar surface area (TPSA) is 38.8 Å². The molecule has 3 aromatic rings. The van der Waals surface area contributed by atoms with Gasteiger partial charge in [-0.15, -0.1) is 0 Å². The summed E-state index contributed by atoms with van der Waals surface area (Å²) >= 11 is 6.14. The summed E-state index contributed by atoms with van der Waals surface area (Å²) in [6.07, 6.45) is -0.114. The number of hydrogen-bond acceptors (Lipinski definition) is 3. The van der Waals surface area contributed by atoms with Gasteiger partial charge in [0, 0.05) is 36.5 Å². The van der Waals surface area contributed by atoms with Crippen LogP contribution >= 0.6 is 11.6 Å². The van der Waals surface area contributed by atoms with Crippen molar-refractivity contribution >= 4 is 17.5 Å². The molecule has 2 atom stereocenters. The van der Waals surface area contributed by atoms with Crippen molar-refractivity contribution in [3.63, 3.8) is 0 Å². The van der Waals surface area contributed by atoms with Crippen molar-refractivity contribution in [3.8, 4) is 0 Å². The largest absolute Gasteiger partial charge is 0.368 e. The Kier molecular flexibility index (Phi) is 7.61. The van der Waals surface area contributed by atoms with Crippen molar-refractivity contribution in [1.82, 2.24) is 4.90 Å². The van der Waals surface area contributed by atoms with Gasteiger partial charge in [0.15, 0.2) is 0 Å². The Bertz CT molecular complexity index is 1130. The number of nitrogens with zero attached hydrogens (tertiary/aromatic N) is 1. The van der Waals surface area contributed by atoms with E-state index in [-0.39, 0.29) is 24.6 Å². The molecule has 178 valence electrons. The second kappa shape index (κ2) is 10.6. The first-order valence-electron chi connectivity index (χ1n) is 11.1. The fourth-order valence-electron chi connectivity index (χ4n) is 4.30. The van der Waals surface area contributed by atoms with Gasteiger partial charge in [0.1, 0.15) is 23.3 Å². The van der Waals surface area contributed by atoms with Crippen LogP contribution in [0.4, 0.5) is 8.78 Å². The molecule has 0 bridgehead atoms. The van der Waals surface area contributed by atoms with E-state index in [1.807, 2.05) is 42.5 Å². The van der Waals surface area contributed by atoms with Crippen molar-refractivity contribution in [3.05, 3.63) is 106 Å². The molecular formula is C27H26ClF2NO3. The predicted octanol–water partition coefficient (Wildman–Crippen LogP) is 5.87. The lowest BCUT2D eigenvalue weighted by molar-refractivity contribution is -0.195. The minimum Gasteiger partial charge on any atom is -0.368 e. The Morgan fingerprint density at radius 3 is 2.47 bits per heavy atom. The lowest BCUT2D eigenvalue weighted by Crippen LogP contribution is -2.56. The molecule has 7 heteroatoms. The third kappa shape index (κ3) is 5.46. The first-order chi connectivity index (χ1) is 16.4. The quantitative estimate of drug-likeness (QED) is 0.420. The van der Waals surface area contributed by atoms with Gasteiger partial charge < -0.3 is 14.4 Å². The van der Waals surface area contributed by atoms with E-state index in [1.165, 1.54) is 19.1 Å². The molecule has 0 aliphatic carbocycles. The minimum atomic E-state index is -0.900. The van der Waals surface area contributed by atoms with Crippen LogP contribution in [-0.2, 0) is 33.1 Å². The van der Waals surface area contributed by atoms with Crippen LogP contribution in [0, 0.1) is 11.6 Å². The highest BCUT2D eigenvalue weighted by molar-refractivity contribution is 6.30. The van der Waals surface area contributed by atoms with E-state index in [0.29, 0.717) is 24.6 Å². The van der Waals surface area contributed by atoms with Crippen LogP contribution in [0.5, 0.6) is 0 Å². The number of carbonyl (C=O) groups excluding carboxylic acids is 1. The van der Waals surface area contributed by atoms with E-state index < -0.39 is 23.3 Å². The number of rotatable bonds is 7. The monoisotopic (exact) mass is 485 g/mol. The van der Waals surface area contributed by atoms with Gasteiger partial charge in [-0.2, -0.15) is 0 Å². The van der Waals surface area contributed by atoms with Gasteiger partial charge in [0.05, 0.1) is 19.8 Å². The summed E-state index contributed by atoms with van der Waals surface area (Å²) in [6.45, 7) is 2.50. The number of carbonyl (C=O) groups is 1. The Morgan fingerprint density at radius 1 is 1.06 bits per heavy atom. The molecule has 0 aromatic heterocycles. The van der Waals surface area contributed by atoms with Crippen LogP contribution in [0.1, 0.15) is 30.0 Å². The van der Waals surface area contributed by atoms with Crippen molar-refractivity contribution in [1.29, 1.82) is 0 Å². The zero-order valence-corrected chi connectivity index (χ0v) is 19.6. The lowest BCUT2D eigenvalue weighted by atomic mass is 9.81. The van der Waals surface area contributed by atoms with E-state index in [4.69, 9.17) is 21.1 Å². The fraction of sp³-hybridized carbons (Fsp3) is 0.296. The molecule has 0 saturated carbocycles. The Hall–Kier alpha value is -2.80. The fourth-order valence-corrected chi connectivity index (χ4v) is 4.43. The summed E-state index contributed by atoms with van der Waals surface area (Å²) in [5, 5.41) is 0.592. The third-order valence-corrected chi connectivity index (χ3v) is 6.48. The van der Waals surface area contributed by atoms with Gasteiger partial charge in [-0.05, 0) is 29.3 Å². The van der Waals surface area contributed by atoms with Crippen LogP contribution in [0.25, 0.3) is 0 Å². The van der Waals surface area contributed by atoms with Crippen LogP contribution in [0.2, 0.25) is 5.02 Å². The highest BCUT2D eigenvalue weighted by Crippen LogP contribution is 2.40. The average molecular weight is 486 g/mol. The molecular weight excluding hydrogens is 460 g/mol. The van der Waals surface area contributed by atoms with Crippen LogP contribution < -0.4 is 0 Å². The molecule has 0 unspecified atom stereocenters. The van der Waals surface area contributed by atoms with Crippen molar-refractivity contribution in [2.45, 2.75) is 38.3 Å². The van der Waals surface area contributed by atoms with Gasteiger partial charge in [0.25, 0.3) is 0 Å². The van der Waals surface area contributed by atoms with E-state index in [1.54, 1.807) is 17.0 Å². The smallest absolute Gasteiger partial charge is 0.219 e. The van der Waals surface area contributed by atoms with Crippen molar-refractivity contribution in [2.24, 2.45) is 0 Å². The predicted molar refractivity (Wildman–Crippen MR) is 126 cm³/mol. The molecule has 0 spiro atoms. The van der Waals surface area contributed by atoms with E-state index in [0.717, 1.165) is 17.2 Å². The standard InChI is InChI=1S/C27H26ClF2NO3/c1-19(32)31-14-13-27(22-8-10-23(28)11-9-22,34-17-20-5-3-2-4-6-20)26(16-31)33-18-21-7-12-24(29)15-25(21)30/h2-12,15,26H,13-14,16-18H2,1H3/t26-,27+/m0/s1. The highest BCUT2D eigenvalue weighted by atomic mass is 35.5. The Labute approximate surface area is 203 Å². The van der Waals surface area contributed by atoms with Gasteiger partial charge in [0.2, 0.25) is 5.91 Å². The van der Waals surface area contributed by atoms with Crippen molar-refractivity contribution < 1.29 is 23.0 Å². The second-order valence-corrected chi connectivity index (χ2v) is 8.86. The zero-order valence-electron chi connectivity index (χ0n) is 18.8. The molecule has 1 aliphatic heterocycles. The maximum atomic E-state index is 14.3. The van der Waals surface area contributed by atoms with Gasteiger partial charge in [-0.25, -0.2) is 8.78 Å². The molecule has 0 N–H and O–H groups in total. The average Bonchev–Trinajstić information content (AvgIpc) is 2.83. The summed E-state index contributed by atoms with van der Waals surface area (Å²) in [7, 11) is 0. The van der Waals surface area contributed by atoms with Gasteiger partial charge in [-0.1, -0.05) is 60.1 Å². The van der Waals surface area contributed by atoms with E-state index in [9.17, 15) is 13.6 Å². The number of benzene rings is 3. The van der Waals surface area contributed by atoms with E-state index >= 15 is 0 Å². The number of ether oxygens (including phenoxy) is 2. The lowest BCUT2D eigenvalue weighted by Gasteiger charge is -2.47. The molecule has 4 rings (SSSR count). The first kappa shape index (κ1) is 24.3. The summed E-state index contributed by atoms with van der Waals surface area (Å²) in [5.74, 6) is -1.40. The molecule has 1 aliphatic rings. The molecule has 1 saturated heterocycles. The van der Waals surface area contributed by atoms with Gasteiger partial charge in [-0.3, -0.25) is 4.79 Å². The SMILES string of the molecule is CC(=O)N1CC[C@@](OCc2ccccc2)(c2ccc(Cl)cc2)[C@@H](OCc2ccc(F)cc2F)C1.